The van der Waals surface area contributed by atoms with Crippen LogP contribution in [-0.2, 0) is 19.6 Å². The van der Waals surface area contributed by atoms with Crippen molar-refractivity contribution in [1.82, 2.24) is 14.5 Å². The van der Waals surface area contributed by atoms with Gasteiger partial charge in [-0.1, -0.05) is 106 Å². The summed E-state index contributed by atoms with van der Waals surface area (Å²) in [6, 6.07) is 28.8. The molecule has 182 valence electrons. The van der Waals surface area contributed by atoms with Gasteiger partial charge < -0.3 is 9.67 Å². The smallest absolute Gasteiger partial charge is 0.140 e. The highest BCUT2D eigenvalue weighted by Crippen LogP contribution is 2.31. The van der Waals surface area contributed by atoms with Crippen molar-refractivity contribution in [3.05, 3.63) is 96.2 Å². The third kappa shape index (κ3) is 6.20. The van der Waals surface area contributed by atoms with Gasteiger partial charge in [-0.2, -0.15) is 0 Å². The molecule has 4 nitrogen and oxygen atoms in total. The Morgan fingerprint density at radius 3 is 2.03 bits per heavy atom. The van der Waals surface area contributed by atoms with Crippen molar-refractivity contribution in [3.8, 4) is 28.4 Å². The standard InChI is InChI=1S/C31H37N3O/c1-3-5-21-33(23-27-19-13-14-20-29(27)35)24-28-30(25-15-9-7-10-16-25)32-31(34(28)22-6-4-2)26-17-11-8-12-18-26/h7-20,35H,3-6,21-24H2,1-2H3. The molecular weight excluding hydrogens is 430 g/mol. The average molecular weight is 468 g/mol. The van der Waals surface area contributed by atoms with Gasteiger partial charge in [-0.05, 0) is 25.5 Å². The number of hydrogen-bond donors (Lipinski definition) is 1. The molecule has 0 aliphatic heterocycles. The van der Waals surface area contributed by atoms with Crippen LogP contribution in [0.4, 0.5) is 0 Å². The Labute approximate surface area is 209 Å². The normalized spacial score (nSPS) is 11.3. The minimum absolute atomic E-state index is 0.363. The lowest BCUT2D eigenvalue weighted by Crippen LogP contribution is -2.26. The number of aromatic hydroxyl groups is 1. The molecule has 0 amide bonds. The highest BCUT2D eigenvalue weighted by atomic mass is 16.3. The summed E-state index contributed by atoms with van der Waals surface area (Å²) < 4.78 is 2.44. The number of imidazole rings is 1. The lowest BCUT2D eigenvalue weighted by atomic mass is 10.1. The average Bonchev–Trinajstić information content (AvgIpc) is 3.26. The first-order valence-corrected chi connectivity index (χ1v) is 12.9. The number of phenols is 1. The molecule has 0 radical (unpaired) electrons. The third-order valence-corrected chi connectivity index (χ3v) is 6.47. The summed E-state index contributed by atoms with van der Waals surface area (Å²) in [5.74, 6) is 1.40. The second kappa shape index (κ2) is 12.4. The second-order valence-corrected chi connectivity index (χ2v) is 9.16. The predicted molar refractivity (Wildman–Crippen MR) is 145 cm³/mol. The van der Waals surface area contributed by atoms with Gasteiger partial charge in [-0.15, -0.1) is 0 Å². The quantitative estimate of drug-likeness (QED) is 0.234. The molecule has 4 rings (SSSR count). The molecule has 4 heteroatoms. The number of benzene rings is 3. The molecule has 1 aromatic heterocycles. The van der Waals surface area contributed by atoms with E-state index in [2.05, 4.69) is 84.0 Å². The first-order valence-electron chi connectivity index (χ1n) is 12.9. The van der Waals surface area contributed by atoms with Crippen LogP contribution in [0.15, 0.2) is 84.9 Å². The number of rotatable bonds is 12. The van der Waals surface area contributed by atoms with E-state index in [1.165, 1.54) is 5.69 Å². The van der Waals surface area contributed by atoms with Gasteiger partial charge >= 0.3 is 0 Å². The van der Waals surface area contributed by atoms with E-state index >= 15 is 0 Å². The zero-order chi connectivity index (χ0) is 24.5. The summed E-state index contributed by atoms with van der Waals surface area (Å²) in [7, 11) is 0. The van der Waals surface area contributed by atoms with Crippen LogP contribution in [0.3, 0.4) is 0 Å². The molecule has 0 saturated heterocycles. The van der Waals surface area contributed by atoms with E-state index in [1.54, 1.807) is 6.07 Å². The van der Waals surface area contributed by atoms with Crippen molar-refractivity contribution in [2.75, 3.05) is 6.54 Å². The van der Waals surface area contributed by atoms with Gasteiger partial charge in [-0.25, -0.2) is 4.98 Å². The fourth-order valence-corrected chi connectivity index (χ4v) is 4.53. The van der Waals surface area contributed by atoms with E-state index in [9.17, 15) is 5.11 Å². The van der Waals surface area contributed by atoms with E-state index < -0.39 is 0 Å². The number of phenolic OH excluding ortho intramolecular Hbond substituents is 1. The Morgan fingerprint density at radius 2 is 1.37 bits per heavy atom. The zero-order valence-electron chi connectivity index (χ0n) is 21.0. The van der Waals surface area contributed by atoms with Gasteiger partial charge in [0.05, 0.1) is 11.4 Å². The van der Waals surface area contributed by atoms with Gasteiger partial charge in [0.2, 0.25) is 0 Å². The van der Waals surface area contributed by atoms with Crippen LogP contribution in [0.5, 0.6) is 5.75 Å². The van der Waals surface area contributed by atoms with Crippen LogP contribution in [-0.4, -0.2) is 26.1 Å². The molecule has 3 aromatic carbocycles. The van der Waals surface area contributed by atoms with Gasteiger partial charge in [0.1, 0.15) is 11.6 Å². The Morgan fingerprint density at radius 1 is 0.743 bits per heavy atom. The Hall–Kier alpha value is -3.37. The summed E-state index contributed by atoms with van der Waals surface area (Å²) in [4.78, 5) is 7.71. The van der Waals surface area contributed by atoms with Gasteiger partial charge in [0, 0.05) is 36.3 Å². The van der Waals surface area contributed by atoms with Crippen LogP contribution < -0.4 is 0 Å². The first kappa shape index (κ1) is 24.7. The lowest BCUT2D eigenvalue weighted by Gasteiger charge is -2.24. The fraction of sp³-hybridized carbons (Fsp3) is 0.323. The van der Waals surface area contributed by atoms with Crippen molar-refractivity contribution in [1.29, 1.82) is 0 Å². The molecule has 0 bridgehead atoms. The van der Waals surface area contributed by atoms with Gasteiger partial charge in [0.25, 0.3) is 0 Å². The predicted octanol–water partition coefficient (Wildman–Crippen LogP) is 7.53. The molecule has 0 aliphatic carbocycles. The first-order chi connectivity index (χ1) is 17.2. The van der Waals surface area contributed by atoms with E-state index in [4.69, 9.17) is 4.98 Å². The van der Waals surface area contributed by atoms with Crippen LogP contribution in [0.25, 0.3) is 22.6 Å². The molecule has 0 unspecified atom stereocenters. The Balaban J connectivity index is 1.80. The lowest BCUT2D eigenvalue weighted by molar-refractivity contribution is 0.243. The summed E-state index contributed by atoms with van der Waals surface area (Å²) in [6.45, 7) is 7.87. The monoisotopic (exact) mass is 467 g/mol. The molecule has 0 fully saturated rings. The Bertz CT molecular complexity index is 1180. The molecule has 1 N–H and O–H groups in total. The SMILES string of the molecule is CCCCN(Cc1ccccc1O)Cc1c(-c2ccccc2)nc(-c2ccccc2)n1CCCC. The second-order valence-electron chi connectivity index (χ2n) is 9.16. The number of aromatic nitrogens is 2. The highest BCUT2D eigenvalue weighted by molar-refractivity contribution is 5.68. The number of para-hydroxylation sites is 1. The maximum atomic E-state index is 10.5. The minimum atomic E-state index is 0.363. The van der Waals surface area contributed by atoms with E-state index in [1.807, 2.05) is 18.2 Å². The maximum Gasteiger partial charge on any atom is 0.140 e. The van der Waals surface area contributed by atoms with Crippen molar-refractivity contribution >= 4 is 0 Å². The summed E-state index contributed by atoms with van der Waals surface area (Å²) >= 11 is 0. The van der Waals surface area contributed by atoms with Crippen molar-refractivity contribution in [2.24, 2.45) is 0 Å². The van der Waals surface area contributed by atoms with Crippen LogP contribution >= 0.6 is 0 Å². The molecule has 0 spiro atoms. The molecule has 0 atom stereocenters. The molecule has 1 heterocycles. The van der Waals surface area contributed by atoms with E-state index in [-0.39, 0.29) is 0 Å². The number of unbranched alkanes of at least 4 members (excludes halogenated alkanes) is 2. The zero-order valence-corrected chi connectivity index (χ0v) is 21.0. The molecule has 35 heavy (non-hydrogen) atoms. The van der Waals surface area contributed by atoms with Crippen LogP contribution in [0, 0.1) is 0 Å². The number of nitrogens with zero attached hydrogens (tertiary/aromatic N) is 3. The van der Waals surface area contributed by atoms with Crippen LogP contribution in [0.1, 0.15) is 50.8 Å². The van der Waals surface area contributed by atoms with E-state index in [0.717, 1.165) is 73.5 Å². The van der Waals surface area contributed by atoms with Gasteiger partial charge in [-0.3, -0.25) is 4.90 Å². The van der Waals surface area contributed by atoms with E-state index in [0.29, 0.717) is 12.3 Å². The number of hydrogen-bond acceptors (Lipinski definition) is 3. The summed E-state index contributed by atoms with van der Waals surface area (Å²) in [5.41, 5.74) is 5.56. The fourth-order valence-electron chi connectivity index (χ4n) is 4.53. The van der Waals surface area contributed by atoms with Crippen molar-refractivity contribution in [3.63, 3.8) is 0 Å². The molecular formula is C31H37N3O. The van der Waals surface area contributed by atoms with Gasteiger partial charge in [0.15, 0.2) is 0 Å². The van der Waals surface area contributed by atoms with Crippen molar-refractivity contribution < 1.29 is 5.11 Å². The molecule has 4 aromatic rings. The minimum Gasteiger partial charge on any atom is -0.508 e. The molecule has 0 saturated carbocycles. The van der Waals surface area contributed by atoms with Crippen LogP contribution in [0.2, 0.25) is 0 Å². The van der Waals surface area contributed by atoms with Crippen molar-refractivity contribution in [2.45, 2.75) is 59.2 Å². The largest absolute Gasteiger partial charge is 0.508 e. The highest BCUT2D eigenvalue weighted by Gasteiger charge is 2.22. The molecule has 0 aliphatic rings. The Kier molecular flexibility index (Phi) is 8.74. The summed E-state index contributed by atoms with van der Waals surface area (Å²) in [6.07, 6.45) is 4.48. The topological polar surface area (TPSA) is 41.3 Å². The third-order valence-electron chi connectivity index (χ3n) is 6.47. The maximum absolute atomic E-state index is 10.5. The summed E-state index contributed by atoms with van der Waals surface area (Å²) in [5, 5.41) is 10.5.